The molecule has 0 aliphatic heterocycles. The Balaban J connectivity index is 2.28. The fraction of sp³-hybridized carbons (Fsp3) is 0.400. The first-order valence-corrected chi connectivity index (χ1v) is 8.09. The van der Waals surface area contributed by atoms with E-state index in [1.54, 1.807) is 18.4 Å². The number of thiophene rings is 1. The van der Waals surface area contributed by atoms with E-state index in [4.69, 9.17) is 4.74 Å². The van der Waals surface area contributed by atoms with Crippen LogP contribution in [-0.4, -0.2) is 19.1 Å². The van der Waals surface area contributed by atoms with Crippen molar-refractivity contribution in [1.29, 1.82) is 0 Å². The zero-order valence-electron chi connectivity index (χ0n) is 12.2. The second kappa shape index (κ2) is 6.70. The Kier molecular flexibility index (Phi) is 5.18. The molecule has 1 atom stereocenters. The highest BCUT2D eigenvalue weighted by Crippen LogP contribution is 2.31. The Hall–Kier alpha value is -0.910. The highest BCUT2D eigenvalue weighted by atomic mass is 79.9. The average molecular weight is 355 g/mol. The van der Waals surface area contributed by atoms with E-state index in [1.165, 1.54) is 4.88 Å². The quantitative estimate of drug-likeness (QED) is 0.879. The van der Waals surface area contributed by atoms with E-state index in [9.17, 15) is 0 Å². The largest absolute Gasteiger partial charge is 0.496 e. The van der Waals surface area contributed by atoms with E-state index in [2.05, 4.69) is 45.3 Å². The van der Waals surface area contributed by atoms with Crippen LogP contribution in [0.15, 0.2) is 22.1 Å². The molecule has 2 rings (SSSR count). The molecule has 0 fully saturated rings. The maximum Gasteiger partial charge on any atom is 0.128 e. The van der Waals surface area contributed by atoms with Crippen molar-refractivity contribution in [2.45, 2.75) is 26.3 Å². The lowest BCUT2D eigenvalue weighted by Gasteiger charge is -2.17. The van der Waals surface area contributed by atoms with E-state index in [-0.39, 0.29) is 6.04 Å². The number of aromatic nitrogens is 1. The molecule has 0 spiro atoms. The molecule has 0 bridgehead atoms. The standard InChI is InChI=1S/C15H19BrN2OS/c1-9-8-18-11(10(2)15(9)19-4)7-12(17-3)13-5-6-14(16)20-13/h5-6,8,12,17H,7H2,1-4H3. The number of ether oxygens (including phenoxy) is 1. The average Bonchev–Trinajstić information content (AvgIpc) is 2.85. The Bertz CT molecular complexity index is 598. The summed E-state index contributed by atoms with van der Waals surface area (Å²) in [6.07, 6.45) is 2.74. The summed E-state index contributed by atoms with van der Waals surface area (Å²) in [5.74, 6) is 0.942. The van der Waals surface area contributed by atoms with E-state index in [0.29, 0.717) is 0 Å². The lowest BCUT2D eigenvalue weighted by atomic mass is 10.0. The van der Waals surface area contributed by atoms with E-state index < -0.39 is 0 Å². The number of rotatable bonds is 5. The smallest absolute Gasteiger partial charge is 0.128 e. The van der Waals surface area contributed by atoms with E-state index in [0.717, 1.165) is 32.8 Å². The maximum absolute atomic E-state index is 5.48. The molecule has 3 nitrogen and oxygen atoms in total. The van der Waals surface area contributed by atoms with Gasteiger partial charge >= 0.3 is 0 Å². The van der Waals surface area contributed by atoms with Crippen LogP contribution in [-0.2, 0) is 6.42 Å². The predicted octanol–water partition coefficient (Wildman–Crippen LogP) is 4.03. The van der Waals surface area contributed by atoms with Gasteiger partial charge in [0.1, 0.15) is 5.75 Å². The van der Waals surface area contributed by atoms with Crippen molar-refractivity contribution in [3.63, 3.8) is 0 Å². The van der Waals surface area contributed by atoms with Crippen molar-refractivity contribution in [2.24, 2.45) is 0 Å². The summed E-state index contributed by atoms with van der Waals surface area (Å²) in [4.78, 5) is 5.89. The minimum atomic E-state index is 0.268. The Morgan fingerprint density at radius 2 is 2.15 bits per heavy atom. The minimum absolute atomic E-state index is 0.268. The second-order valence-corrected chi connectivity index (χ2v) is 7.23. The zero-order valence-corrected chi connectivity index (χ0v) is 14.6. The Labute approximate surface area is 132 Å². The number of pyridine rings is 1. The lowest BCUT2D eigenvalue weighted by Crippen LogP contribution is -2.19. The highest BCUT2D eigenvalue weighted by Gasteiger charge is 2.17. The third-order valence-electron chi connectivity index (χ3n) is 3.43. The lowest BCUT2D eigenvalue weighted by molar-refractivity contribution is 0.406. The summed E-state index contributed by atoms with van der Waals surface area (Å²) in [7, 11) is 3.70. The molecule has 0 aliphatic carbocycles. The first kappa shape index (κ1) is 15.5. The minimum Gasteiger partial charge on any atom is -0.496 e. The molecule has 0 amide bonds. The molecule has 5 heteroatoms. The molecule has 0 aromatic carbocycles. The van der Waals surface area contributed by atoms with Gasteiger partial charge in [-0.25, -0.2) is 0 Å². The molecule has 2 aromatic rings. The highest BCUT2D eigenvalue weighted by molar-refractivity contribution is 9.11. The third-order valence-corrected chi connectivity index (χ3v) is 5.17. The van der Waals surface area contributed by atoms with Gasteiger partial charge in [0.15, 0.2) is 0 Å². The van der Waals surface area contributed by atoms with Crippen LogP contribution in [0.4, 0.5) is 0 Å². The van der Waals surface area contributed by atoms with Crippen LogP contribution in [0.2, 0.25) is 0 Å². The van der Waals surface area contributed by atoms with Crippen LogP contribution >= 0.6 is 27.3 Å². The van der Waals surface area contributed by atoms with Gasteiger partial charge in [-0.15, -0.1) is 11.3 Å². The van der Waals surface area contributed by atoms with E-state index in [1.807, 2.05) is 20.2 Å². The van der Waals surface area contributed by atoms with Gasteiger partial charge in [-0.2, -0.15) is 0 Å². The van der Waals surface area contributed by atoms with Gasteiger partial charge in [-0.1, -0.05) is 0 Å². The summed E-state index contributed by atoms with van der Waals surface area (Å²) in [5, 5.41) is 3.37. The van der Waals surface area contributed by atoms with Gasteiger partial charge in [-0.3, -0.25) is 4.98 Å². The molecule has 1 unspecified atom stereocenters. The van der Waals surface area contributed by atoms with Gasteiger partial charge in [0.05, 0.1) is 10.9 Å². The monoisotopic (exact) mass is 354 g/mol. The summed E-state index contributed by atoms with van der Waals surface area (Å²) in [6, 6.07) is 4.50. The van der Waals surface area contributed by atoms with Crippen LogP contribution < -0.4 is 10.1 Å². The Morgan fingerprint density at radius 3 is 2.70 bits per heavy atom. The molecule has 0 saturated carbocycles. The predicted molar refractivity (Wildman–Crippen MR) is 87.8 cm³/mol. The third kappa shape index (κ3) is 3.22. The summed E-state index contributed by atoms with van der Waals surface area (Å²) in [6.45, 7) is 4.10. The van der Waals surface area contributed by atoms with Crippen molar-refractivity contribution in [1.82, 2.24) is 10.3 Å². The summed E-state index contributed by atoms with van der Waals surface area (Å²) < 4.78 is 6.63. The number of methoxy groups -OCH3 is 1. The molecule has 0 saturated heterocycles. The first-order chi connectivity index (χ1) is 9.56. The maximum atomic E-state index is 5.48. The van der Waals surface area contributed by atoms with Gasteiger partial charge in [0, 0.05) is 40.4 Å². The van der Waals surface area contributed by atoms with Crippen molar-refractivity contribution in [3.05, 3.63) is 43.8 Å². The van der Waals surface area contributed by atoms with Crippen LogP contribution in [0, 0.1) is 13.8 Å². The number of aryl methyl sites for hydroxylation is 1. The Morgan fingerprint density at radius 1 is 1.40 bits per heavy atom. The molecular formula is C15H19BrN2OS. The number of hydrogen-bond acceptors (Lipinski definition) is 4. The second-order valence-electron chi connectivity index (χ2n) is 4.73. The number of nitrogens with zero attached hydrogens (tertiary/aromatic N) is 1. The molecule has 0 radical (unpaired) electrons. The van der Waals surface area contributed by atoms with Crippen molar-refractivity contribution in [3.8, 4) is 5.75 Å². The van der Waals surface area contributed by atoms with Crippen LogP contribution in [0.1, 0.15) is 27.7 Å². The molecular weight excluding hydrogens is 336 g/mol. The van der Waals surface area contributed by atoms with Crippen LogP contribution in [0.5, 0.6) is 5.75 Å². The van der Waals surface area contributed by atoms with Gasteiger partial charge in [-0.05, 0) is 49.0 Å². The normalized spacial score (nSPS) is 12.4. The fourth-order valence-electron chi connectivity index (χ4n) is 2.33. The number of likely N-dealkylation sites (N-methyl/N-ethyl adjacent to an activating group) is 1. The molecule has 108 valence electrons. The fourth-order valence-corrected chi connectivity index (χ4v) is 3.86. The van der Waals surface area contributed by atoms with Gasteiger partial charge < -0.3 is 10.1 Å². The summed E-state index contributed by atoms with van der Waals surface area (Å²) in [5.41, 5.74) is 3.29. The SMILES string of the molecule is CNC(Cc1ncc(C)c(OC)c1C)c1ccc(Br)s1. The molecule has 20 heavy (non-hydrogen) atoms. The van der Waals surface area contributed by atoms with Gasteiger partial charge in [0.25, 0.3) is 0 Å². The zero-order chi connectivity index (χ0) is 14.7. The van der Waals surface area contributed by atoms with Crippen molar-refractivity contribution < 1.29 is 4.74 Å². The molecule has 2 aromatic heterocycles. The van der Waals surface area contributed by atoms with Crippen LogP contribution in [0.3, 0.4) is 0 Å². The number of nitrogens with one attached hydrogen (secondary N) is 1. The van der Waals surface area contributed by atoms with Crippen LogP contribution in [0.25, 0.3) is 0 Å². The van der Waals surface area contributed by atoms with Crippen molar-refractivity contribution >= 4 is 27.3 Å². The molecule has 0 aliphatic rings. The van der Waals surface area contributed by atoms with Crippen molar-refractivity contribution in [2.75, 3.05) is 14.2 Å². The molecule has 2 heterocycles. The first-order valence-electron chi connectivity index (χ1n) is 6.48. The van der Waals surface area contributed by atoms with E-state index >= 15 is 0 Å². The molecule has 1 N–H and O–H groups in total. The number of halogens is 1. The number of hydrogen-bond donors (Lipinski definition) is 1. The summed E-state index contributed by atoms with van der Waals surface area (Å²) >= 11 is 5.27. The topological polar surface area (TPSA) is 34.2 Å². The van der Waals surface area contributed by atoms with Gasteiger partial charge in [0.2, 0.25) is 0 Å².